The third kappa shape index (κ3) is 3.08. The fraction of sp³-hybridized carbons (Fsp3) is 1.00. The second-order valence-corrected chi connectivity index (χ2v) is 6.89. The molecule has 0 heterocycles. The summed E-state index contributed by atoms with van der Waals surface area (Å²) in [6.07, 6.45) is 13.9. The Morgan fingerprint density at radius 3 is 2.28 bits per heavy atom. The first-order chi connectivity index (χ1) is 8.68. The van der Waals surface area contributed by atoms with E-state index < -0.39 is 0 Å². The molecule has 2 atom stereocenters. The summed E-state index contributed by atoms with van der Waals surface area (Å²) in [5.74, 6) is 0.857. The molecule has 2 aliphatic rings. The van der Waals surface area contributed by atoms with Crippen LogP contribution in [-0.4, -0.2) is 30.1 Å². The normalized spacial score (nSPS) is 35.7. The third-order valence-corrected chi connectivity index (χ3v) is 5.57. The largest absolute Gasteiger partial charge is 0.329 e. The molecule has 2 N–H and O–H groups in total. The van der Waals surface area contributed by atoms with Crippen LogP contribution in [0.2, 0.25) is 0 Å². The summed E-state index contributed by atoms with van der Waals surface area (Å²) >= 11 is 0. The van der Waals surface area contributed by atoms with E-state index in [-0.39, 0.29) is 0 Å². The van der Waals surface area contributed by atoms with Gasteiger partial charge in [0, 0.05) is 18.1 Å². The van der Waals surface area contributed by atoms with Crippen LogP contribution in [0.5, 0.6) is 0 Å². The van der Waals surface area contributed by atoms with Crippen LogP contribution >= 0.6 is 0 Å². The highest BCUT2D eigenvalue weighted by atomic mass is 15.2. The zero-order valence-electron chi connectivity index (χ0n) is 12.5. The summed E-state index contributed by atoms with van der Waals surface area (Å²) in [4.78, 5) is 2.70. The lowest BCUT2D eigenvalue weighted by atomic mass is 9.74. The maximum atomic E-state index is 6.21. The minimum absolute atomic E-state index is 0.312. The molecule has 0 aromatic rings. The van der Waals surface area contributed by atoms with Gasteiger partial charge in [0.15, 0.2) is 0 Å². The fourth-order valence-electron chi connectivity index (χ4n) is 4.31. The number of rotatable bonds is 3. The zero-order valence-corrected chi connectivity index (χ0v) is 12.5. The Bertz CT molecular complexity index is 245. The molecule has 0 aliphatic heterocycles. The van der Waals surface area contributed by atoms with Gasteiger partial charge in [0.25, 0.3) is 0 Å². The molecule has 2 aliphatic carbocycles. The van der Waals surface area contributed by atoms with Crippen LogP contribution in [0.25, 0.3) is 0 Å². The van der Waals surface area contributed by atoms with E-state index in [2.05, 4.69) is 18.9 Å². The van der Waals surface area contributed by atoms with Crippen LogP contribution in [-0.2, 0) is 0 Å². The van der Waals surface area contributed by atoms with Crippen molar-refractivity contribution < 1.29 is 0 Å². The Morgan fingerprint density at radius 2 is 1.72 bits per heavy atom. The minimum Gasteiger partial charge on any atom is -0.329 e. The van der Waals surface area contributed by atoms with Gasteiger partial charge >= 0.3 is 0 Å². The molecule has 0 aromatic heterocycles. The van der Waals surface area contributed by atoms with Gasteiger partial charge in [0.2, 0.25) is 0 Å². The molecule has 2 heteroatoms. The second kappa shape index (κ2) is 6.38. The summed E-state index contributed by atoms with van der Waals surface area (Å²) in [5.41, 5.74) is 6.52. The molecule has 2 rings (SSSR count). The monoisotopic (exact) mass is 252 g/mol. The van der Waals surface area contributed by atoms with E-state index >= 15 is 0 Å². The van der Waals surface area contributed by atoms with Gasteiger partial charge in [-0.15, -0.1) is 0 Å². The van der Waals surface area contributed by atoms with E-state index in [1.165, 1.54) is 64.2 Å². The fourth-order valence-corrected chi connectivity index (χ4v) is 4.31. The molecule has 2 nitrogen and oxygen atoms in total. The Balaban J connectivity index is 2.05. The quantitative estimate of drug-likeness (QED) is 0.778. The van der Waals surface area contributed by atoms with Crippen molar-refractivity contribution >= 4 is 0 Å². The number of hydrogen-bond donors (Lipinski definition) is 1. The Kier molecular flexibility index (Phi) is 5.08. The molecule has 2 fully saturated rings. The average Bonchev–Trinajstić information content (AvgIpc) is 2.66. The van der Waals surface area contributed by atoms with E-state index in [9.17, 15) is 0 Å². The van der Waals surface area contributed by atoms with Gasteiger partial charge in [-0.25, -0.2) is 0 Å². The van der Waals surface area contributed by atoms with E-state index in [1.807, 2.05) is 0 Å². The number of nitrogens with zero attached hydrogens (tertiary/aromatic N) is 1. The smallest absolute Gasteiger partial charge is 0.0334 e. The van der Waals surface area contributed by atoms with Gasteiger partial charge in [-0.1, -0.05) is 45.4 Å². The summed E-state index contributed by atoms with van der Waals surface area (Å²) < 4.78 is 0. The highest BCUT2D eigenvalue weighted by Gasteiger charge is 2.39. The molecule has 106 valence electrons. The molecule has 0 aromatic carbocycles. The van der Waals surface area contributed by atoms with Crippen molar-refractivity contribution in [3.8, 4) is 0 Å². The summed E-state index contributed by atoms with van der Waals surface area (Å²) in [5, 5.41) is 0. The number of hydrogen-bond acceptors (Lipinski definition) is 2. The first-order valence-corrected chi connectivity index (χ1v) is 8.11. The summed E-state index contributed by atoms with van der Waals surface area (Å²) in [6.45, 7) is 3.26. The van der Waals surface area contributed by atoms with E-state index in [0.717, 1.165) is 18.5 Å². The maximum absolute atomic E-state index is 6.21. The van der Waals surface area contributed by atoms with E-state index in [1.54, 1.807) is 0 Å². The molecule has 0 saturated heterocycles. The van der Waals surface area contributed by atoms with Gasteiger partial charge in [0.1, 0.15) is 0 Å². The molecule has 2 saturated carbocycles. The van der Waals surface area contributed by atoms with Crippen molar-refractivity contribution in [2.45, 2.75) is 82.7 Å². The summed E-state index contributed by atoms with van der Waals surface area (Å²) in [6, 6.07) is 0.793. The van der Waals surface area contributed by atoms with Crippen molar-refractivity contribution in [2.24, 2.45) is 11.7 Å². The van der Waals surface area contributed by atoms with Crippen molar-refractivity contribution in [1.29, 1.82) is 0 Å². The molecule has 0 bridgehead atoms. The molecule has 0 radical (unpaired) electrons. The highest BCUT2D eigenvalue weighted by Crippen LogP contribution is 2.38. The molecular formula is C16H32N2. The number of nitrogens with two attached hydrogens (primary N) is 1. The lowest BCUT2D eigenvalue weighted by Gasteiger charge is -2.49. The Morgan fingerprint density at radius 1 is 1.06 bits per heavy atom. The molecule has 0 spiro atoms. The van der Waals surface area contributed by atoms with Crippen molar-refractivity contribution in [3.05, 3.63) is 0 Å². The van der Waals surface area contributed by atoms with Crippen LogP contribution in [0.1, 0.15) is 71.1 Å². The highest BCUT2D eigenvalue weighted by molar-refractivity contribution is 4.97. The third-order valence-electron chi connectivity index (χ3n) is 5.57. The Hall–Kier alpha value is -0.0800. The predicted octanol–water partition coefficient (Wildman–Crippen LogP) is 3.55. The Labute approximate surface area is 113 Å². The van der Waals surface area contributed by atoms with Crippen molar-refractivity contribution in [3.63, 3.8) is 0 Å². The SMILES string of the molecule is CC1CCCC(CN)(N(C)C2CCCCCC2)C1. The first-order valence-electron chi connectivity index (χ1n) is 8.11. The van der Waals surface area contributed by atoms with E-state index in [4.69, 9.17) is 5.73 Å². The second-order valence-electron chi connectivity index (χ2n) is 6.89. The topological polar surface area (TPSA) is 29.3 Å². The van der Waals surface area contributed by atoms with Crippen molar-refractivity contribution in [1.82, 2.24) is 4.90 Å². The van der Waals surface area contributed by atoms with Crippen LogP contribution in [0.3, 0.4) is 0 Å². The van der Waals surface area contributed by atoms with Gasteiger partial charge in [-0.05, 0) is 38.6 Å². The zero-order chi connectivity index (χ0) is 13.0. The summed E-state index contributed by atoms with van der Waals surface area (Å²) in [7, 11) is 2.36. The molecule has 0 amide bonds. The van der Waals surface area contributed by atoms with Gasteiger partial charge in [-0.2, -0.15) is 0 Å². The maximum Gasteiger partial charge on any atom is 0.0334 e. The predicted molar refractivity (Wildman–Crippen MR) is 78.7 cm³/mol. The van der Waals surface area contributed by atoms with Gasteiger partial charge in [-0.3, -0.25) is 4.90 Å². The number of likely N-dealkylation sites (N-methyl/N-ethyl adjacent to an activating group) is 1. The first kappa shape index (κ1) is 14.3. The van der Waals surface area contributed by atoms with Crippen LogP contribution in [0.15, 0.2) is 0 Å². The minimum atomic E-state index is 0.312. The standard InChI is InChI=1S/C16H32N2/c1-14-8-7-11-16(12-14,13-17)18(2)15-9-5-3-4-6-10-15/h14-15H,3-13,17H2,1-2H3. The molecule has 2 unspecified atom stereocenters. The van der Waals surface area contributed by atoms with Crippen LogP contribution in [0, 0.1) is 5.92 Å². The van der Waals surface area contributed by atoms with Crippen molar-refractivity contribution in [2.75, 3.05) is 13.6 Å². The van der Waals surface area contributed by atoms with Gasteiger partial charge in [0.05, 0.1) is 0 Å². The van der Waals surface area contributed by atoms with E-state index in [0.29, 0.717) is 5.54 Å². The van der Waals surface area contributed by atoms with Crippen LogP contribution in [0.4, 0.5) is 0 Å². The molecule has 18 heavy (non-hydrogen) atoms. The lowest BCUT2D eigenvalue weighted by molar-refractivity contribution is 0.0217. The lowest BCUT2D eigenvalue weighted by Crippen LogP contribution is -2.57. The average molecular weight is 252 g/mol. The van der Waals surface area contributed by atoms with Crippen LogP contribution < -0.4 is 5.73 Å². The molecular weight excluding hydrogens is 220 g/mol. The van der Waals surface area contributed by atoms with Gasteiger partial charge < -0.3 is 5.73 Å².